The van der Waals surface area contributed by atoms with E-state index in [0.717, 1.165) is 0 Å². The minimum Gasteiger partial charge on any atom is -0.484 e. The van der Waals surface area contributed by atoms with Gasteiger partial charge < -0.3 is 14.4 Å². The summed E-state index contributed by atoms with van der Waals surface area (Å²) in [5.41, 5.74) is 0.380. The van der Waals surface area contributed by atoms with E-state index in [2.05, 4.69) is 15.5 Å². The molecule has 1 aromatic carbocycles. The van der Waals surface area contributed by atoms with Gasteiger partial charge in [-0.2, -0.15) is 0 Å². The van der Waals surface area contributed by atoms with E-state index in [-0.39, 0.29) is 23.7 Å². The van der Waals surface area contributed by atoms with Crippen molar-refractivity contribution in [3.05, 3.63) is 60.4 Å². The van der Waals surface area contributed by atoms with Crippen molar-refractivity contribution in [1.82, 2.24) is 10.1 Å². The van der Waals surface area contributed by atoms with Crippen LogP contribution in [0.5, 0.6) is 5.75 Å². The second-order valence-electron chi connectivity index (χ2n) is 4.93. The number of ether oxygens (including phenoxy) is 1. The second-order valence-corrected chi connectivity index (χ2v) is 4.93. The molecule has 0 unspecified atom stereocenters. The minimum atomic E-state index is -1.27. The Balaban J connectivity index is 1.75. The van der Waals surface area contributed by atoms with E-state index in [1.807, 2.05) is 6.07 Å². The van der Waals surface area contributed by atoms with Gasteiger partial charge in [-0.1, -0.05) is 23.4 Å². The molecule has 126 valence electrons. The molecule has 2 N–H and O–H groups in total. The van der Waals surface area contributed by atoms with Crippen LogP contribution in [0.4, 0.5) is 5.88 Å². The van der Waals surface area contributed by atoms with Crippen molar-refractivity contribution in [3.8, 4) is 17.0 Å². The molecule has 0 radical (unpaired) electrons. The Morgan fingerprint density at radius 2 is 1.84 bits per heavy atom. The number of aromatic nitrogens is 2. The van der Waals surface area contributed by atoms with Crippen LogP contribution in [-0.2, 0) is 4.79 Å². The van der Waals surface area contributed by atoms with Crippen molar-refractivity contribution in [3.63, 3.8) is 0 Å². The summed E-state index contributed by atoms with van der Waals surface area (Å²) in [6, 6.07) is 11.9. The van der Waals surface area contributed by atoms with Crippen molar-refractivity contribution in [2.24, 2.45) is 0 Å². The first-order valence-electron chi connectivity index (χ1n) is 7.26. The molecule has 0 aliphatic rings. The lowest BCUT2D eigenvalue weighted by molar-refractivity contribution is -0.118. The van der Waals surface area contributed by atoms with Gasteiger partial charge in [0.05, 0.1) is 0 Å². The molecule has 0 aliphatic carbocycles. The molecule has 0 atom stereocenters. The van der Waals surface area contributed by atoms with Gasteiger partial charge in [-0.05, 0) is 24.3 Å². The first-order chi connectivity index (χ1) is 12.1. The number of nitrogens with zero attached hydrogens (tertiary/aromatic N) is 2. The molecule has 8 heteroatoms. The molecule has 25 heavy (non-hydrogen) atoms. The van der Waals surface area contributed by atoms with Crippen LogP contribution in [-0.4, -0.2) is 33.7 Å². The Hall–Kier alpha value is -3.68. The van der Waals surface area contributed by atoms with Crippen molar-refractivity contribution < 1.29 is 24.0 Å². The van der Waals surface area contributed by atoms with Gasteiger partial charge in [0.15, 0.2) is 12.2 Å². The standard InChI is InChI=1S/C17H13N3O5/c21-13(10-24-12-4-2-1-3-5-12)19-16-14(17(22)23)15(20-25-16)11-6-8-18-9-7-11/h1-9H,10H2,(H,19,21)(H,22,23). The number of carbonyl (C=O) groups excluding carboxylic acids is 1. The van der Waals surface area contributed by atoms with E-state index in [9.17, 15) is 14.7 Å². The smallest absolute Gasteiger partial charge is 0.343 e. The molecule has 0 saturated carbocycles. The van der Waals surface area contributed by atoms with Gasteiger partial charge >= 0.3 is 5.97 Å². The predicted molar refractivity (Wildman–Crippen MR) is 87.3 cm³/mol. The van der Waals surface area contributed by atoms with Crippen molar-refractivity contribution in [2.45, 2.75) is 0 Å². The quantitative estimate of drug-likeness (QED) is 0.709. The molecule has 2 aromatic heterocycles. The fourth-order valence-corrected chi connectivity index (χ4v) is 2.11. The average molecular weight is 339 g/mol. The highest BCUT2D eigenvalue weighted by Gasteiger charge is 2.25. The fraction of sp³-hybridized carbons (Fsp3) is 0.0588. The number of pyridine rings is 1. The fourth-order valence-electron chi connectivity index (χ4n) is 2.11. The predicted octanol–water partition coefficient (Wildman–Crippen LogP) is 2.45. The highest BCUT2D eigenvalue weighted by molar-refractivity contribution is 6.03. The molecule has 2 heterocycles. The van der Waals surface area contributed by atoms with Gasteiger partial charge in [0, 0.05) is 18.0 Å². The molecule has 0 bridgehead atoms. The summed E-state index contributed by atoms with van der Waals surface area (Å²) in [6.45, 7) is -0.297. The number of anilines is 1. The monoisotopic (exact) mass is 339 g/mol. The maximum absolute atomic E-state index is 12.0. The summed E-state index contributed by atoms with van der Waals surface area (Å²) in [7, 11) is 0. The number of hydrogen-bond donors (Lipinski definition) is 2. The van der Waals surface area contributed by atoms with E-state index >= 15 is 0 Å². The molecule has 3 aromatic rings. The zero-order chi connectivity index (χ0) is 17.6. The Morgan fingerprint density at radius 1 is 1.12 bits per heavy atom. The molecule has 0 saturated heterocycles. The zero-order valence-electron chi connectivity index (χ0n) is 12.9. The van der Waals surface area contributed by atoms with E-state index in [4.69, 9.17) is 9.26 Å². The van der Waals surface area contributed by atoms with Gasteiger partial charge in [-0.15, -0.1) is 0 Å². The Kier molecular flexibility index (Phi) is 4.70. The second kappa shape index (κ2) is 7.26. The van der Waals surface area contributed by atoms with Crippen LogP contribution in [0.15, 0.2) is 59.4 Å². The number of carboxylic acid groups (broad SMARTS) is 1. The molecule has 0 spiro atoms. The third-order valence-corrected chi connectivity index (χ3v) is 3.23. The normalized spacial score (nSPS) is 10.2. The Labute approximate surface area is 142 Å². The van der Waals surface area contributed by atoms with Crippen molar-refractivity contribution >= 4 is 17.8 Å². The van der Waals surface area contributed by atoms with E-state index < -0.39 is 11.9 Å². The van der Waals surface area contributed by atoms with Gasteiger partial charge in [0.25, 0.3) is 5.91 Å². The van der Waals surface area contributed by atoms with Gasteiger partial charge in [0.1, 0.15) is 11.4 Å². The Morgan fingerprint density at radius 3 is 2.52 bits per heavy atom. The number of para-hydroxylation sites is 1. The number of aromatic carboxylic acids is 1. The lowest BCUT2D eigenvalue weighted by Gasteiger charge is -2.05. The van der Waals surface area contributed by atoms with Crippen molar-refractivity contribution in [2.75, 3.05) is 11.9 Å². The van der Waals surface area contributed by atoms with E-state index in [1.54, 1.807) is 36.4 Å². The number of carbonyl (C=O) groups is 2. The van der Waals surface area contributed by atoms with Crippen LogP contribution in [0.1, 0.15) is 10.4 Å². The molecular weight excluding hydrogens is 326 g/mol. The van der Waals surface area contributed by atoms with E-state index in [1.165, 1.54) is 12.4 Å². The van der Waals surface area contributed by atoms with Gasteiger partial charge in [0.2, 0.25) is 5.88 Å². The molecule has 8 nitrogen and oxygen atoms in total. The first-order valence-corrected chi connectivity index (χ1v) is 7.26. The van der Waals surface area contributed by atoms with Crippen LogP contribution in [0, 0.1) is 0 Å². The maximum atomic E-state index is 12.0. The zero-order valence-corrected chi connectivity index (χ0v) is 12.9. The molecule has 1 amide bonds. The van der Waals surface area contributed by atoms with E-state index in [0.29, 0.717) is 11.3 Å². The first kappa shape index (κ1) is 16.2. The number of carboxylic acids is 1. The van der Waals surface area contributed by atoms with Crippen LogP contribution in [0.2, 0.25) is 0 Å². The molecular formula is C17H13N3O5. The maximum Gasteiger partial charge on any atom is 0.343 e. The summed E-state index contributed by atoms with van der Waals surface area (Å²) in [6.07, 6.45) is 3.00. The summed E-state index contributed by atoms with van der Waals surface area (Å²) in [4.78, 5) is 27.4. The van der Waals surface area contributed by atoms with Gasteiger partial charge in [-0.25, -0.2) is 4.79 Å². The lowest BCUT2D eigenvalue weighted by atomic mass is 10.1. The number of hydrogen-bond acceptors (Lipinski definition) is 6. The average Bonchev–Trinajstić information content (AvgIpc) is 3.05. The highest BCUT2D eigenvalue weighted by atomic mass is 16.5. The van der Waals surface area contributed by atoms with Crippen LogP contribution >= 0.6 is 0 Å². The third kappa shape index (κ3) is 3.81. The summed E-state index contributed by atoms with van der Waals surface area (Å²) in [5.74, 6) is -1.57. The Bertz CT molecular complexity index is 878. The largest absolute Gasteiger partial charge is 0.484 e. The summed E-state index contributed by atoms with van der Waals surface area (Å²) in [5, 5.41) is 15.5. The number of amides is 1. The topological polar surface area (TPSA) is 115 Å². The van der Waals surface area contributed by atoms with Crippen LogP contribution < -0.4 is 10.1 Å². The number of nitrogens with one attached hydrogen (secondary N) is 1. The van der Waals surface area contributed by atoms with Gasteiger partial charge in [-0.3, -0.25) is 15.1 Å². The summed E-state index contributed by atoms with van der Waals surface area (Å²) >= 11 is 0. The highest BCUT2D eigenvalue weighted by Crippen LogP contribution is 2.28. The number of benzene rings is 1. The molecule has 3 rings (SSSR count). The lowest BCUT2D eigenvalue weighted by Crippen LogP contribution is -2.21. The van der Waals surface area contributed by atoms with Crippen LogP contribution in [0.3, 0.4) is 0 Å². The summed E-state index contributed by atoms with van der Waals surface area (Å²) < 4.78 is 10.3. The van der Waals surface area contributed by atoms with Crippen LogP contribution in [0.25, 0.3) is 11.3 Å². The van der Waals surface area contributed by atoms with Crippen molar-refractivity contribution in [1.29, 1.82) is 0 Å². The SMILES string of the molecule is O=C(COc1ccccc1)Nc1onc(-c2ccncc2)c1C(=O)O. The number of rotatable bonds is 6. The molecule has 0 fully saturated rings. The minimum absolute atomic E-state index is 0.106. The molecule has 0 aliphatic heterocycles. The third-order valence-electron chi connectivity index (χ3n) is 3.23.